The summed E-state index contributed by atoms with van der Waals surface area (Å²) < 4.78 is 13.3. The van der Waals surface area contributed by atoms with Crippen molar-refractivity contribution in [2.45, 2.75) is 58.0 Å². The molecule has 0 atom stereocenters. The molecule has 1 aliphatic heterocycles. The first-order valence-electron chi connectivity index (χ1n) is 9.29. The van der Waals surface area contributed by atoms with Crippen molar-refractivity contribution in [1.82, 2.24) is 9.55 Å². The van der Waals surface area contributed by atoms with Gasteiger partial charge >= 0.3 is 5.97 Å². The van der Waals surface area contributed by atoms with E-state index in [0.717, 1.165) is 42.8 Å². The maximum atomic E-state index is 12.0. The Bertz CT molecular complexity index is 775. The van der Waals surface area contributed by atoms with Crippen LogP contribution in [0, 0.1) is 0 Å². The molecular formula is C20H24N2O3. The summed E-state index contributed by atoms with van der Waals surface area (Å²) in [5.41, 5.74) is 3.70. The molecule has 25 heavy (non-hydrogen) atoms. The molecule has 0 N–H and O–H groups in total. The van der Waals surface area contributed by atoms with Crippen molar-refractivity contribution < 1.29 is 14.3 Å². The third kappa shape index (κ3) is 3.15. The lowest BCUT2D eigenvalue weighted by atomic mass is 9.97. The van der Waals surface area contributed by atoms with Crippen LogP contribution in [0.1, 0.15) is 60.8 Å². The lowest BCUT2D eigenvalue weighted by Crippen LogP contribution is -2.20. The van der Waals surface area contributed by atoms with Gasteiger partial charge in [-0.3, -0.25) is 0 Å². The van der Waals surface area contributed by atoms with Crippen LogP contribution in [0.5, 0.6) is 5.75 Å². The van der Waals surface area contributed by atoms with E-state index in [-0.39, 0.29) is 5.97 Å². The van der Waals surface area contributed by atoms with Crippen molar-refractivity contribution in [2.24, 2.45) is 0 Å². The fourth-order valence-electron chi connectivity index (χ4n) is 3.89. The van der Waals surface area contributed by atoms with Gasteiger partial charge < -0.3 is 14.0 Å². The molecule has 0 radical (unpaired) electrons. The second-order valence-corrected chi connectivity index (χ2v) is 6.80. The average Bonchev–Trinajstić information content (AvgIpc) is 3.07. The molecule has 132 valence electrons. The smallest absolute Gasteiger partial charge is 0.358 e. The summed E-state index contributed by atoms with van der Waals surface area (Å²) in [6.45, 7) is 2.17. The molecule has 5 nitrogen and oxygen atoms in total. The summed E-state index contributed by atoms with van der Waals surface area (Å²) in [6.07, 6.45) is 9.93. The number of benzene rings is 1. The Morgan fingerprint density at radius 3 is 2.88 bits per heavy atom. The number of carbonyl (C=O) groups excluding carboxylic acids is 1. The minimum atomic E-state index is -0.336. The van der Waals surface area contributed by atoms with E-state index in [1.165, 1.54) is 24.8 Å². The lowest BCUT2D eigenvalue weighted by molar-refractivity contribution is 0.0518. The molecule has 0 spiro atoms. The molecule has 0 saturated heterocycles. The zero-order chi connectivity index (χ0) is 17.2. The Hall–Kier alpha value is -2.30. The van der Waals surface area contributed by atoms with Crippen molar-refractivity contribution >= 4 is 5.97 Å². The zero-order valence-corrected chi connectivity index (χ0v) is 14.7. The molecule has 1 aliphatic carbocycles. The number of esters is 1. The predicted octanol–water partition coefficient (Wildman–Crippen LogP) is 3.86. The highest BCUT2D eigenvalue weighted by Gasteiger charge is 2.25. The topological polar surface area (TPSA) is 53.3 Å². The van der Waals surface area contributed by atoms with Crippen molar-refractivity contribution in [3.8, 4) is 11.4 Å². The predicted molar refractivity (Wildman–Crippen MR) is 94.4 cm³/mol. The number of rotatable bonds is 4. The van der Waals surface area contributed by atoms with Crippen LogP contribution in [0.2, 0.25) is 0 Å². The number of ether oxygens (including phenoxy) is 2. The molecule has 0 unspecified atom stereocenters. The normalized spacial score (nSPS) is 16.8. The maximum Gasteiger partial charge on any atom is 0.358 e. The van der Waals surface area contributed by atoms with Crippen molar-refractivity contribution in [1.29, 1.82) is 0 Å². The highest BCUT2D eigenvalue weighted by atomic mass is 16.5. The number of aromatic nitrogens is 2. The molecule has 4 rings (SSSR count). The van der Waals surface area contributed by atoms with E-state index in [1.807, 2.05) is 17.6 Å². The molecule has 1 aromatic heterocycles. The summed E-state index contributed by atoms with van der Waals surface area (Å²) >= 11 is 0. The summed E-state index contributed by atoms with van der Waals surface area (Å²) in [5.74, 6) is 0.622. The Kier molecular flexibility index (Phi) is 4.47. The molecular weight excluding hydrogens is 316 g/mol. The van der Waals surface area contributed by atoms with Gasteiger partial charge in [-0.2, -0.15) is 0 Å². The van der Waals surface area contributed by atoms with Crippen LogP contribution in [0.4, 0.5) is 0 Å². The number of imidazole rings is 1. The van der Waals surface area contributed by atoms with Gasteiger partial charge in [0.25, 0.3) is 0 Å². The maximum absolute atomic E-state index is 12.0. The van der Waals surface area contributed by atoms with E-state index in [4.69, 9.17) is 9.47 Å². The van der Waals surface area contributed by atoms with E-state index < -0.39 is 0 Å². The lowest BCUT2D eigenvalue weighted by Gasteiger charge is -2.25. The van der Waals surface area contributed by atoms with Crippen LogP contribution in [-0.2, 0) is 17.6 Å². The van der Waals surface area contributed by atoms with Crippen LogP contribution < -0.4 is 4.74 Å². The summed E-state index contributed by atoms with van der Waals surface area (Å²) in [5, 5.41) is 0. The molecule has 1 fully saturated rings. The number of hydrogen-bond donors (Lipinski definition) is 0. The van der Waals surface area contributed by atoms with Crippen LogP contribution in [0.15, 0.2) is 24.5 Å². The quantitative estimate of drug-likeness (QED) is 0.793. The zero-order valence-electron chi connectivity index (χ0n) is 14.7. The second kappa shape index (κ2) is 6.90. The largest absolute Gasteiger partial charge is 0.490 e. The standard InChI is InChI=1S/C20H24N2O3/c1-2-24-20(23)19-18-10-8-14-12-16(25-15-6-4-3-5-7-15)9-11-17(14)22(18)13-21-19/h9,11-13,15H,2-8,10H2,1H3. The van der Waals surface area contributed by atoms with Crippen molar-refractivity contribution in [3.05, 3.63) is 41.5 Å². The number of carbonyl (C=O) groups is 1. The second-order valence-electron chi connectivity index (χ2n) is 6.80. The molecule has 0 amide bonds. The molecule has 2 heterocycles. The summed E-state index contributed by atoms with van der Waals surface area (Å²) in [7, 11) is 0. The fraction of sp³-hybridized carbons (Fsp3) is 0.500. The third-order valence-electron chi connectivity index (χ3n) is 5.13. The van der Waals surface area contributed by atoms with Crippen LogP contribution >= 0.6 is 0 Å². The van der Waals surface area contributed by atoms with Gasteiger partial charge in [0, 0.05) is 0 Å². The van der Waals surface area contributed by atoms with E-state index in [2.05, 4.69) is 17.1 Å². The van der Waals surface area contributed by atoms with Gasteiger partial charge in [-0.1, -0.05) is 6.42 Å². The summed E-state index contributed by atoms with van der Waals surface area (Å²) in [6, 6.07) is 6.26. The van der Waals surface area contributed by atoms with Gasteiger partial charge in [0.2, 0.25) is 0 Å². The number of hydrogen-bond acceptors (Lipinski definition) is 4. The van der Waals surface area contributed by atoms with E-state index in [9.17, 15) is 4.79 Å². The average molecular weight is 340 g/mol. The Balaban J connectivity index is 1.58. The highest BCUT2D eigenvalue weighted by Crippen LogP contribution is 2.31. The van der Waals surface area contributed by atoms with Gasteiger partial charge in [-0.15, -0.1) is 0 Å². The summed E-state index contributed by atoms with van der Waals surface area (Å²) in [4.78, 5) is 16.3. The van der Waals surface area contributed by atoms with Gasteiger partial charge in [0.1, 0.15) is 12.1 Å². The first kappa shape index (κ1) is 16.2. The first-order chi connectivity index (χ1) is 12.3. The van der Waals surface area contributed by atoms with E-state index in [0.29, 0.717) is 18.4 Å². The SMILES string of the molecule is CCOC(=O)c1ncn2c1CCc1cc(OC3CCCCC3)ccc1-2. The molecule has 1 saturated carbocycles. The van der Waals surface area contributed by atoms with Crippen molar-refractivity contribution in [3.63, 3.8) is 0 Å². The van der Waals surface area contributed by atoms with E-state index in [1.54, 1.807) is 6.33 Å². The van der Waals surface area contributed by atoms with E-state index >= 15 is 0 Å². The number of aryl methyl sites for hydroxylation is 1. The molecule has 5 heteroatoms. The minimum absolute atomic E-state index is 0.336. The highest BCUT2D eigenvalue weighted by molar-refractivity contribution is 5.89. The van der Waals surface area contributed by atoms with Gasteiger partial charge in [-0.25, -0.2) is 9.78 Å². The number of fused-ring (bicyclic) bond motifs is 3. The van der Waals surface area contributed by atoms with Gasteiger partial charge in [-0.05, 0) is 69.2 Å². The Labute approximate surface area is 148 Å². The van der Waals surface area contributed by atoms with Gasteiger partial charge in [0.05, 0.1) is 24.1 Å². The van der Waals surface area contributed by atoms with Crippen LogP contribution in [0.25, 0.3) is 5.69 Å². The third-order valence-corrected chi connectivity index (χ3v) is 5.13. The van der Waals surface area contributed by atoms with Crippen LogP contribution in [-0.4, -0.2) is 28.2 Å². The fourth-order valence-corrected chi connectivity index (χ4v) is 3.89. The number of nitrogens with zero attached hydrogens (tertiary/aromatic N) is 2. The molecule has 2 aromatic rings. The molecule has 0 bridgehead atoms. The molecule has 1 aromatic carbocycles. The minimum Gasteiger partial charge on any atom is -0.490 e. The first-order valence-corrected chi connectivity index (χ1v) is 9.29. The van der Waals surface area contributed by atoms with Crippen LogP contribution in [0.3, 0.4) is 0 Å². The monoisotopic (exact) mass is 340 g/mol. The molecule has 2 aliphatic rings. The van der Waals surface area contributed by atoms with Crippen molar-refractivity contribution in [2.75, 3.05) is 6.61 Å². The Morgan fingerprint density at radius 2 is 2.08 bits per heavy atom. The van der Waals surface area contributed by atoms with Gasteiger partial charge in [0.15, 0.2) is 5.69 Å². The Morgan fingerprint density at radius 1 is 1.24 bits per heavy atom.